The SMILES string of the molecule is CN1C[C@H]2CC[C@@H]1CN(C(=O)COCc1nc3ccc(F)cc3[nH]1)C2. The summed E-state index contributed by atoms with van der Waals surface area (Å²) < 4.78 is 18.8. The summed E-state index contributed by atoms with van der Waals surface area (Å²) in [5.74, 6) is 0.899. The number of aromatic nitrogens is 2. The van der Waals surface area contributed by atoms with Crippen LogP contribution in [0.3, 0.4) is 0 Å². The summed E-state index contributed by atoms with van der Waals surface area (Å²) in [6.45, 7) is 2.95. The third-order valence-corrected chi connectivity index (χ3v) is 5.30. The zero-order valence-electron chi connectivity index (χ0n) is 14.4. The number of hydrogen-bond donors (Lipinski definition) is 1. The molecule has 6 nitrogen and oxygen atoms in total. The Hall–Kier alpha value is -1.99. The number of H-pyrrole nitrogens is 1. The van der Waals surface area contributed by atoms with Crippen molar-refractivity contribution < 1.29 is 13.9 Å². The first-order chi connectivity index (χ1) is 12.1. The van der Waals surface area contributed by atoms with E-state index in [1.165, 1.54) is 25.0 Å². The van der Waals surface area contributed by atoms with Crippen LogP contribution in [0, 0.1) is 11.7 Å². The molecule has 7 heteroatoms. The van der Waals surface area contributed by atoms with Crippen LogP contribution in [0.1, 0.15) is 18.7 Å². The highest BCUT2D eigenvalue weighted by Crippen LogP contribution is 2.26. The molecule has 2 bridgehead atoms. The van der Waals surface area contributed by atoms with Gasteiger partial charge in [-0.1, -0.05) is 0 Å². The minimum absolute atomic E-state index is 0.0364. The molecule has 3 aliphatic heterocycles. The maximum absolute atomic E-state index is 13.2. The van der Waals surface area contributed by atoms with E-state index in [2.05, 4.69) is 21.9 Å². The first kappa shape index (κ1) is 16.5. The lowest BCUT2D eigenvalue weighted by molar-refractivity contribution is -0.137. The Kier molecular flexibility index (Phi) is 4.43. The van der Waals surface area contributed by atoms with Gasteiger partial charge in [-0.3, -0.25) is 4.79 Å². The fourth-order valence-electron chi connectivity index (χ4n) is 3.95. The van der Waals surface area contributed by atoms with E-state index in [0.29, 0.717) is 28.8 Å². The quantitative estimate of drug-likeness (QED) is 0.917. The lowest BCUT2D eigenvalue weighted by atomic mass is 9.96. The fourth-order valence-corrected chi connectivity index (χ4v) is 3.95. The van der Waals surface area contributed by atoms with Crippen molar-refractivity contribution in [2.75, 3.05) is 33.3 Å². The normalized spacial score (nSPS) is 24.0. The second kappa shape index (κ2) is 6.72. The Morgan fingerprint density at radius 2 is 2.24 bits per heavy atom. The predicted molar refractivity (Wildman–Crippen MR) is 91.4 cm³/mol. The lowest BCUT2D eigenvalue weighted by Gasteiger charge is -2.32. The zero-order chi connectivity index (χ0) is 17.4. The molecule has 1 N–H and O–H groups in total. The van der Waals surface area contributed by atoms with E-state index in [9.17, 15) is 9.18 Å². The standard InChI is InChI=1S/C18H23FN4O2/c1-22-7-12-2-4-14(22)9-23(8-12)18(24)11-25-10-17-20-15-5-3-13(19)6-16(15)21-17/h3,5-6,12,14H,2,4,7-11H2,1H3,(H,20,21)/t12-,14-/m1/s1. The average molecular weight is 346 g/mol. The molecule has 0 unspecified atom stereocenters. The van der Waals surface area contributed by atoms with Gasteiger partial charge in [-0.25, -0.2) is 9.37 Å². The number of fused-ring (bicyclic) bond motifs is 5. The van der Waals surface area contributed by atoms with Gasteiger partial charge in [-0.15, -0.1) is 0 Å². The smallest absolute Gasteiger partial charge is 0.248 e. The van der Waals surface area contributed by atoms with Crippen LogP contribution in [0.15, 0.2) is 18.2 Å². The van der Waals surface area contributed by atoms with E-state index < -0.39 is 0 Å². The highest BCUT2D eigenvalue weighted by Gasteiger charge is 2.34. The van der Waals surface area contributed by atoms with Crippen LogP contribution in [-0.2, 0) is 16.1 Å². The number of rotatable bonds is 4. The van der Waals surface area contributed by atoms with Gasteiger partial charge in [0.1, 0.15) is 24.9 Å². The van der Waals surface area contributed by atoms with E-state index >= 15 is 0 Å². The van der Waals surface area contributed by atoms with Crippen molar-refractivity contribution in [3.63, 3.8) is 0 Å². The molecule has 0 saturated carbocycles. The number of halogens is 1. The number of nitrogens with zero attached hydrogens (tertiary/aromatic N) is 3. The summed E-state index contributed by atoms with van der Waals surface area (Å²) in [6, 6.07) is 4.87. The van der Waals surface area contributed by atoms with Gasteiger partial charge in [-0.05, 0) is 44.0 Å². The second-order valence-electron chi connectivity index (χ2n) is 7.17. The summed E-state index contributed by atoms with van der Waals surface area (Å²) in [4.78, 5) is 24.2. The molecule has 1 amide bonds. The summed E-state index contributed by atoms with van der Waals surface area (Å²) in [6.07, 6.45) is 2.37. The van der Waals surface area contributed by atoms with Gasteiger partial charge in [0.2, 0.25) is 5.91 Å². The number of likely N-dealkylation sites (N-methyl/N-ethyl adjacent to an activating group) is 1. The zero-order valence-corrected chi connectivity index (χ0v) is 14.4. The van der Waals surface area contributed by atoms with Crippen molar-refractivity contribution in [3.8, 4) is 0 Å². The van der Waals surface area contributed by atoms with Crippen molar-refractivity contribution in [1.82, 2.24) is 19.8 Å². The third kappa shape index (κ3) is 3.52. The number of carbonyl (C=O) groups excluding carboxylic acids is 1. The predicted octanol–water partition coefficient (Wildman–Crippen LogP) is 1.77. The Labute approximate surface area is 146 Å². The number of aromatic amines is 1. The Bertz CT molecular complexity index is 778. The van der Waals surface area contributed by atoms with E-state index in [-0.39, 0.29) is 24.9 Å². The first-order valence-electron chi connectivity index (χ1n) is 8.78. The first-order valence-corrected chi connectivity index (χ1v) is 8.78. The molecule has 3 fully saturated rings. The maximum atomic E-state index is 13.2. The van der Waals surface area contributed by atoms with Crippen LogP contribution in [0.2, 0.25) is 0 Å². The molecular formula is C18H23FN4O2. The molecule has 0 spiro atoms. The summed E-state index contributed by atoms with van der Waals surface area (Å²) in [5, 5.41) is 0. The number of imidazole rings is 1. The van der Waals surface area contributed by atoms with Crippen molar-refractivity contribution in [2.45, 2.75) is 25.5 Å². The lowest BCUT2D eigenvalue weighted by Crippen LogP contribution is -2.42. The third-order valence-electron chi connectivity index (χ3n) is 5.30. The second-order valence-corrected chi connectivity index (χ2v) is 7.17. The van der Waals surface area contributed by atoms with Gasteiger partial charge in [-0.2, -0.15) is 0 Å². The van der Waals surface area contributed by atoms with E-state index in [1.807, 2.05) is 4.90 Å². The molecule has 1 aromatic carbocycles. The molecule has 0 aliphatic carbocycles. The fraction of sp³-hybridized carbons (Fsp3) is 0.556. The molecular weight excluding hydrogens is 323 g/mol. The van der Waals surface area contributed by atoms with Gasteiger partial charge < -0.3 is 19.5 Å². The van der Waals surface area contributed by atoms with Crippen LogP contribution in [0.25, 0.3) is 11.0 Å². The van der Waals surface area contributed by atoms with Gasteiger partial charge in [0, 0.05) is 25.7 Å². The van der Waals surface area contributed by atoms with Crippen molar-refractivity contribution >= 4 is 16.9 Å². The molecule has 0 radical (unpaired) electrons. The number of carbonyl (C=O) groups is 1. The van der Waals surface area contributed by atoms with Crippen LogP contribution >= 0.6 is 0 Å². The summed E-state index contributed by atoms with van der Waals surface area (Å²) >= 11 is 0. The minimum atomic E-state index is -0.306. The topological polar surface area (TPSA) is 61.5 Å². The van der Waals surface area contributed by atoms with E-state index in [0.717, 1.165) is 19.6 Å². The van der Waals surface area contributed by atoms with E-state index in [4.69, 9.17) is 4.74 Å². The van der Waals surface area contributed by atoms with Crippen LogP contribution < -0.4 is 0 Å². The van der Waals surface area contributed by atoms with E-state index in [1.54, 1.807) is 6.07 Å². The van der Waals surface area contributed by atoms with Crippen molar-refractivity contribution in [1.29, 1.82) is 0 Å². The highest BCUT2D eigenvalue weighted by atomic mass is 19.1. The summed E-state index contributed by atoms with van der Waals surface area (Å²) in [5.41, 5.74) is 1.33. The van der Waals surface area contributed by atoms with Gasteiger partial charge >= 0.3 is 0 Å². The molecule has 4 heterocycles. The Morgan fingerprint density at radius 3 is 3.08 bits per heavy atom. The number of amides is 1. The molecule has 2 atom stereocenters. The van der Waals surface area contributed by atoms with Crippen LogP contribution in [-0.4, -0.2) is 65.0 Å². The number of benzene rings is 1. The van der Waals surface area contributed by atoms with Crippen molar-refractivity contribution in [3.05, 3.63) is 29.8 Å². The minimum Gasteiger partial charge on any atom is -0.364 e. The molecule has 1 aromatic heterocycles. The number of piperidine rings is 1. The molecule has 3 aliphatic rings. The number of hydrogen-bond acceptors (Lipinski definition) is 4. The molecule has 3 saturated heterocycles. The highest BCUT2D eigenvalue weighted by molar-refractivity contribution is 5.77. The molecule has 25 heavy (non-hydrogen) atoms. The van der Waals surface area contributed by atoms with Gasteiger partial charge in [0.05, 0.1) is 11.0 Å². The maximum Gasteiger partial charge on any atom is 0.248 e. The van der Waals surface area contributed by atoms with Gasteiger partial charge in [0.15, 0.2) is 0 Å². The summed E-state index contributed by atoms with van der Waals surface area (Å²) in [7, 11) is 2.14. The van der Waals surface area contributed by atoms with Crippen LogP contribution in [0.4, 0.5) is 4.39 Å². The van der Waals surface area contributed by atoms with Crippen LogP contribution in [0.5, 0.6) is 0 Å². The molecule has 134 valence electrons. The van der Waals surface area contributed by atoms with Crippen molar-refractivity contribution in [2.24, 2.45) is 5.92 Å². The molecule has 2 aromatic rings. The largest absolute Gasteiger partial charge is 0.364 e. The number of nitrogens with one attached hydrogen (secondary N) is 1. The Morgan fingerprint density at radius 1 is 1.36 bits per heavy atom. The van der Waals surface area contributed by atoms with Gasteiger partial charge in [0.25, 0.3) is 0 Å². The Balaban J connectivity index is 1.32. The molecule has 5 rings (SSSR count). The monoisotopic (exact) mass is 346 g/mol. The average Bonchev–Trinajstić information content (AvgIpc) is 2.76. The number of ether oxygens (including phenoxy) is 1.